The summed E-state index contributed by atoms with van der Waals surface area (Å²) in [6, 6.07) is 0.351. The Morgan fingerprint density at radius 1 is 0.906 bits per heavy atom. The van der Waals surface area contributed by atoms with Crippen LogP contribution in [0.5, 0.6) is 0 Å². The van der Waals surface area contributed by atoms with E-state index in [9.17, 15) is 5.11 Å². The van der Waals surface area contributed by atoms with Crippen LogP contribution in [0.15, 0.2) is 11.6 Å². The molecule has 184 valence electrons. The van der Waals surface area contributed by atoms with Crippen LogP contribution in [-0.2, 0) is 0 Å². The average Bonchev–Trinajstić information content (AvgIpc) is 3.04. The van der Waals surface area contributed by atoms with E-state index in [0.717, 1.165) is 24.7 Å². The lowest BCUT2D eigenvalue weighted by Gasteiger charge is -2.70. The summed E-state index contributed by atoms with van der Waals surface area (Å²) in [4.78, 5) is 0. The normalized spacial score (nSPS) is 49.4. The molecule has 0 heterocycles. The third kappa shape index (κ3) is 3.40. The first kappa shape index (κ1) is 24.8. The highest BCUT2D eigenvalue weighted by Crippen LogP contribution is 2.75. The van der Waals surface area contributed by atoms with E-state index in [1.807, 2.05) is 0 Å². The number of aliphatic hydroxyl groups is 1. The van der Waals surface area contributed by atoms with Crippen LogP contribution in [0, 0.1) is 45.3 Å². The van der Waals surface area contributed by atoms with Crippen molar-refractivity contribution in [3.8, 4) is 0 Å². The molecule has 0 spiro atoms. The first-order valence-electron chi connectivity index (χ1n) is 13.8. The van der Waals surface area contributed by atoms with Crippen molar-refractivity contribution < 1.29 is 5.11 Å². The van der Waals surface area contributed by atoms with Crippen LogP contribution in [0.4, 0.5) is 0 Å². The van der Waals surface area contributed by atoms with Gasteiger partial charge in [0.1, 0.15) is 0 Å². The van der Waals surface area contributed by atoms with Crippen molar-refractivity contribution in [2.75, 3.05) is 0 Å². The highest BCUT2D eigenvalue weighted by atomic mass is 16.3. The highest BCUT2D eigenvalue weighted by molar-refractivity contribution is 5.18. The maximum Gasteiger partial charge on any atom is 0.0653 e. The minimum absolute atomic E-state index is 0.249. The molecule has 32 heavy (non-hydrogen) atoms. The van der Waals surface area contributed by atoms with Gasteiger partial charge in [-0.1, -0.05) is 46.3 Å². The summed E-state index contributed by atoms with van der Waals surface area (Å²) in [5, 5.41) is 11.7. The quantitative estimate of drug-likeness (QED) is 0.442. The zero-order valence-electron chi connectivity index (χ0n) is 22.6. The third-order valence-corrected chi connectivity index (χ3v) is 12.5. The van der Waals surface area contributed by atoms with Gasteiger partial charge in [0.15, 0.2) is 0 Å². The fourth-order valence-corrected chi connectivity index (χ4v) is 10.4. The lowest BCUT2D eigenvalue weighted by atomic mass is 9.35. The van der Waals surface area contributed by atoms with Crippen molar-refractivity contribution in [3.63, 3.8) is 0 Å². The van der Waals surface area contributed by atoms with Crippen molar-refractivity contribution in [1.29, 1.82) is 0 Å². The molecular formula is C30H53NO. The van der Waals surface area contributed by atoms with Crippen LogP contribution in [0.1, 0.15) is 120 Å². The summed E-state index contributed by atoms with van der Waals surface area (Å²) in [6.07, 6.45) is 14.6. The second kappa shape index (κ2) is 7.84. The Bertz CT molecular complexity index is 748. The van der Waals surface area contributed by atoms with Gasteiger partial charge >= 0.3 is 0 Å². The van der Waals surface area contributed by atoms with Gasteiger partial charge in [-0.05, 0) is 130 Å². The molecule has 0 saturated heterocycles. The predicted octanol–water partition coefficient (Wildman–Crippen LogP) is 7.50. The van der Waals surface area contributed by atoms with Gasteiger partial charge in [0, 0.05) is 6.04 Å². The molecule has 0 aromatic heterocycles. The minimum Gasteiger partial charge on any atom is -0.390 e. The van der Waals surface area contributed by atoms with E-state index in [1.165, 1.54) is 56.9 Å². The van der Waals surface area contributed by atoms with Crippen LogP contribution in [0.25, 0.3) is 0 Å². The van der Waals surface area contributed by atoms with E-state index in [-0.39, 0.29) is 5.41 Å². The molecule has 4 saturated carbocycles. The van der Waals surface area contributed by atoms with Gasteiger partial charge in [0.05, 0.1) is 5.60 Å². The molecule has 2 nitrogen and oxygen atoms in total. The molecule has 4 aliphatic rings. The second-order valence-corrected chi connectivity index (χ2v) is 14.5. The summed E-state index contributed by atoms with van der Waals surface area (Å²) in [6.45, 7) is 19.4. The molecule has 4 fully saturated rings. The fourth-order valence-electron chi connectivity index (χ4n) is 10.4. The Labute approximate surface area is 199 Å². The SMILES string of the molecule is CC(C)=CCC[C@](C)(O)[C@H]1CC[C@@]2(C)[C@@H]1CC[C@@H]1[C@@]3(C)CCC(N)C(C)(C)C3CC[C@]12C. The summed E-state index contributed by atoms with van der Waals surface area (Å²) < 4.78 is 0. The molecule has 4 aliphatic carbocycles. The zero-order chi connectivity index (χ0) is 23.7. The van der Waals surface area contributed by atoms with E-state index in [4.69, 9.17) is 5.73 Å². The molecule has 3 N–H and O–H groups in total. The number of allylic oxidation sites excluding steroid dienone is 2. The van der Waals surface area contributed by atoms with Gasteiger partial charge in [0.25, 0.3) is 0 Å². The summed E-state index contributed by atoms with van der Waals surface area (Å²) in [7, 11) is 0. The smallest absolute Gasteiger partial charge is 0.0653 e. The van der Waals surface area contributed by atoms with E-state index < -0.39 is 5.60 Å². The predicted molar refractivity (Wildman–Crippen MR) is 136 cm³/mol. The van der Waals surface area contributed by atoms with E-state index in [1.54, 1.807) is 0 Å². The maximum absolute atomic E-state index is 11.7. The first-order valence-corrected chi connectivity index (χ1v) is 13.8. The molecule has 4 rings (SSSR count). The topological polar surface area (TPSA) is 46.2 Å². The third-order valence-electron chi connectivity index (χ3n) is 12.5. The van der Waals surface area contributed by atoms with Crippen molar-refractivity contribution in [2.45, 2.75) is 131 Å². The maximum atomic E-state index is 11.7. The number of hydrogen-bond donors (Lipinski definition) is 2. The van der Waals surface area contributed by atoms with E-state index in [0.29, 0.717) is 34.1 Å². The van der Waals surface area contributed by atoms with Gasteiger partial charge in [-0.15, -0.1) is 0 Å². The lowest BCUT2D eigenvalue weighted by Crippen LogP contribution is -2.65. The molecule has 9 atom stereocenters. The molecular weight excluding hydrogens is 390 g/mol. The van der Waals surface area contributed by atoms with Gasteiger partial charge in [-0.2, -0.15) is 0 Å². The van der Waals surface area contributed by atoms with Crippen molar-refractivity contribution in [3.05, 3.63) is 11.6 Å². The highest BCUT2D eigenvalue weighted by Gasteiger charge is 2.69. The summed E-state index contributed by atoms with van der Waals surface area (Å²) in [5.41, 5.74) is 8.93. The van der Waals surface area contributed by atoms with Gasteiger partial charge in [0.2, 0.25) is 0 Å². The Kier molecular flexibility index (Phi) is 6.07. The first-order chi connectivity index (χ1) is 14.7. The van der Waals surface area contributed by atoms with E-state index >= 15 is 0 Å². The van der Waals surface area contributed by atoms with E-state index in [2.05, 4.69) is 61.5 Å². The van der Waals surface area contributed by atoms with Crippen LogP contribution >= 0.6 is 0 Å². The molecule has 0 aromatic carbocycles. The van der Waals surface area contributed by atoms with Crippen LogP contribution in [-0.4, -0.2) is 16.7 Å². The zero-order valence-corrected chi connectivity index (χ0v) is 22.6. The van der Waals surface area contributed by atoms with Crippen LogP contribution in [0.3, 0.4) is 0 Å². The van der Waals surface area contributed by atoms with Crippen LogP contribution in [0.2, 0.25) is 0 Å². The van der Waals surface area contributed by atoms with Gasteiger partial charge in [-0.3, -0.25) is 0 Å². The number of fused-ring (bicyclic) bond motifs is 5. The number of hydrogen-bond acceptors (Lipinski definition) is 2. The summed E-state index contributed by atoms with van der Waals surface area (Å²) in [5.74, 6) is 2.68. The summed E-state index contributed by atoms with van der Waals surface area (Å²) >= 11 is 0. The van der Waals surface area contributed by atoms with Gasteiger partial charge in [-0.25, -0.2) is 0 Å². The van der Waals surface area contributed by atoms with Gasteiger partial charge < -0.3 is 10.8 Å². The van der Waals surface area contributed by atoms with Crippen LogP contribution < -0.4 is 5.73 Å². The standard InChI is InChI=1S/C30H53NO/c1-20(2)10-9-16-30(8,32)22-13-18-28(6)21(22)11-12-24-27(5)17-15-25(31)26(3,4)23(27)14-19-29(24,28)7/h10,21-25,32H,9,11-19,31H2,1-8H3/t21-,22+,23?,24-,25?,27+,28+,29-,30+/m1/s1. The molecule has 0 aliphatic heterocycles. The second-order valence-electron chi connectivity index (χ2n) is 14.5. The fraction of sp³-hybridized carbons (Fsp3) is 0.933. The Morgan fingerprint density at radius 2 is 1.56 bits per heavy atom. The lowest BCUT2D eigenvalue weighted by molar-refractivity contribution is -0.210. The molecule has 0 radical (unpaired) electrons. The van der Waals surface area contributed by atoms with Crippen molar-refractivity contribution in [1.82, 2.24) is 0 Å². The number of rotatable bonds is 4. The molecule has 2 heteroatoms. The molecule has 0 amide bonds. The molecule has 2 unspecified atom stereocenters. The van der Waals surface area contributed by atoms with Crippen molar-refractivity contribution in [2.24, 2.45) is 51.1 Å². The molecule has 0 aromatic rings. The Balaban J connectivity index is 1.61. The van der Waals surface area contributed by atoms with Crippen molar-refractivity contribution >= 4 is 0 Å². The Hall–Kier alpha value is -0.340. The monoisotopic (exact) mass is 443 g/mol. The Morgan fingerprint density at radius 3 is 2.22 bits per heavy atom. The number of nitrogens with two attached hydrogens (primary N) is 1. The largest absolute Gasteiger partial charge is 0.390 e. The molecule has 0 bridgehead atoms. The minimum atomic E-state index is -0.543. The average molecular weight is 444 g/mol.